The minimum Gasteiger partial charge on any atom is -0.497 e. The Kier molecular flexibility index (Phi) is 2.67. The summed E-state index contributed by atoms with van der Waals surface area (Å²) in [5, 5.41) is 3.83. The average molecular weight is 325 g/mol. The standard InChI is InChI=1S/C9H6ClIOS/c1-12-5-2-6-7(10)4-13-9(6)8(11)3-5/h2-4H,1H3. The van der Waals surface area contributed by atoms with Gasteiger partial charge >= 0.3 is 0 Å². The highest BCUT2D eigenvalue weighted by Crippen LogP contribution is 2.36. The molecule has 0 unspecified atom stereocenters. The summed E-state index contributed by atoms with van der Waals surface area (Å²) in [6.45, 7) is 0. The SMILES string of the molecule is COc1cc(I)c2scc(Cl)c2c1. The second-order valence-electron chi connectivity index (χ2n) is 2.57. The van der Waals surface area contributed by atoms with Crippen molar-refractivity contribution in [1.29, 1.82) is 0 Å². The third-order valence-corrected chi connectivity index (χ3v) is 4.48. The first kappa shape index (κ1) is 9.55. The molecule has 0 aliphatic heterocycles. The van der Waals surface area contributed by atoms with Crippen LogP contribution in [0.1, 0.15) is 0 Å². The van der Waals surface area contributed by atoms with Gasteiger partial charge in [0, 0.05) is 19.0 Å². The fourth-order valence-electron chi connectivity index (χ4n) is 1.16. The number of benzene rings is 1. The molecule has 0 atom stereocenters. The second-order valence-corrected chi connectivity index (χ2v) is 5.02. The maximum absolute atomic E-state index is 6.03. The lowest BCUT2D eigenvalue weighted by atomic mass is 10.2. The quantitative estimate of drug-likeness (QED) is 0.716. The molecule has 0 aliphatic carbocycles. The molecular weight excluding hydrogens is 319 g/mol. The zero-order valence-electron chi connectivity index (χ0n) is 6.80. The molecule has 0 bridgehead atoms. The monoisotopic (exact) mass is 324 g/mol. The Bertz CT molecular complexity index is 452. The van der Waals surface area contributed by atoms with Crippen LogP contribution in [0.15, 0.2) is 17.5 Å². The molecule has 0 saturated heterocycles. The Morgan fingerprint density at radius 2 is 2.23 bits per heavy atom. The van der Waals surface area contributed by atoms with Crippen molar-refractivity contribution in [2.45, 2.75) is 0 Å². The zero-order chi connectivity index (χ0) is 9.42. The zero-order valence-corrected chi connectivity index (χ0v) is 10.5. The number of ether oxygens (including phenoxy) is 1. The van der Waals surface area contributed by atoms with Crippen molar-refractivity contribution in [3.8, 4) is 5.75 Å². The van der Waals surface area contributed by atoms with E-state index >= 15 is 0 Å². The lowest BCUT2D eigenvalue weighted by Crippen LogP contribution is -1.83. The van der Waals surface area contributed by atoms with Gasteiger partial charge in [0.1, 0.15) is 5.75 Å². The molecule has 1 aromatic carbocycles. The summed E-state index contributed by atoms with van der Waals surface area (Å²) in [7, 11) is 1.66. The number of methoxy groups -OCH3 is 1. The molecule has 0 fully saturated rings. The van der Waals surface area contributed by atoms with Gasteiger partial charge in [-0.05, 0) is 34.7 Å². The van der Waals surface area contributed by atoms with Gasteiger partial charge in [-0.1, -0.05) is 11.6 Å². The Hall–Kier alpha value is -0.000000000000000111. The molecule has 0 radical (unpaired) electrons. The number of hydrogen-bond acceptors (Lipinski definition) is 2. The molecule has 0 N–H and O–H groups in total. The van der Waals surface area contributed by atoms with Gasteiger partial charge in [-0.2, -0.15) is 0 Å². The summed E-state index contributed by atoms with van der Waals surface area (Å²) in [6.07, 6.45) is 0. The smallest absolute Gasteiger partial charge is 0.120 e. The van der Waals surface area contributed by atoms with Gasteiger partial charge in [-0.3, -0.25) is 0 Å². The molecule has 2 aromatic rings. The Morgan fingerprint density at radius 3 is 2.92 bits per heavy atom. The summed E-state index contributed by atoms with van der Waals surface area (Å²) in [5.74, 6) is 0.859. The molecule has 2 rings (SSSR count). The average Bonchev–Trinajstić information content (AvgIpc) is 2.48. The lowest BCUT2D eigenvalue weighted by Gasteiger charge is -2.01. The van der Waals surface area contributed by atoms with Gasteiger partial charge in [0.25, 0.3) is 0 Å². The number of halogens is 2. The second kappa shape index (κ2) is 3.63. The molecule has 0 aliphatic rings. The fourth-order valence-corrected chi connectivity index (χ4v) is 3.29. The molecule has 13 heavy (non-hydrogen) atoms. The number of rotatable bonds is 1. The van der Waals surface area contributed by atoms with Crippen LogP contribution in [0.25, 0.3) is 10.1 Å². The summed E-state index contributed by atoms with van der Waals surface area (Å²) in [5.41, 5.74) is 0. The van der Waals surface area contributed by atoms with Gasteiger partial charge in [-0.25, -0.2) is 0 Å². The van der Waals surface area contributed by atoms with Crippen molar-refractivity contribution in [2.75, 3.05) is 7.11 Å². The number of hydrogen-bond donors (Lipinski definition) is 0. The Balaban J connectivity index is 2.80. The molecule has 1 aromatic heterocycles. The van der Waals surface area contributed by atoms with E-state index in [0.29, 0.717) is 0 Å². The van der Waals surface area contributed by atoms with Crippen LogP contribution in [0.2, 0.25) is 5.02 Å². The van der Waals surface area contributed by atoms with Crippen molar-refractivity contribution in [3.05, 3.63) is 26.1 Å². The van der Waals surface area contributed by atoms with E-state index in [0.717, 1.165) is 16.2 Å². The third-order valence-electron chi connectivity index (χ3n) is 1.79. The molecule has 1 heterocycles. The van der Waals surface area contributed by atoms with Gasteiger partial charge in [-0.15, -0.1) is 11.3 Å². The summed E-state index contributed by atoms with van der Waals surface area (Å²) in [6, 6.07) is 3.98. The normalized spacial score (nSPS) is 10.7. The van der Waals surface area contributed by atoms with Crippen LogP contribution < -0.4 is 4.74 Å². The predicted molar refractivity (Wildman–Crippen MR) is 66.1 cm³/mol. The van der Waals surface area contributed by atoms with Crippen molar-refractivity contribution < 1.29 is 4.74 Å². The van der Waals surface area contributed by atoms with E-state index in [9.17, 15) is 0 Å². The Labute approximate surface area is 98.8 Å². The summed E-state index contributed by atoms with van der Waals surface area (Å²) < 4.78 is 7.58. The molecular formula is C9H6ClIOS. The molecule has 0 spiro atoms. The number of thiophene rings is 1. The predicted octanol–water partition coefficient (Wildman–Crippen LogP) is 4.17. The van der Waals surface area contributed by atoms with E-state index in [1.165, 1.54) is 8.27 Å². The highest BCUT2D eigenvalue weighted by atomic mass is 127. The largest absolute Gasteiger partial charge is 0.497 e. The molecule has 4 heteroatoms. The molecule has 68 valence electrons. The van der Waals surface area contributed by atoms with Crippen LogP contribution in [-0.2, 0) is 0 Å². The van der Waals surface area contributed by atoms with Gasteiger partial charge in [0.15, 0.2) is 0 Å². The van der Waals surface area contributed by atoms with Crippen LogP contribution in [0, 0.1) is 3.57 Å². The van der Waals surface area contributed by atoms with Crippen LogP contribution in [-0.4, -0.2) is 7.11 Å². The maximum Gasteiger partial charge on any atom is 0.120 e. The van der Waals surface area contributed by atoms with Crippen LogP contribution in [0.4, 0.5) is 0 Å². The summed E-state index contributed by atoms with van der Waals surface area (Å²) in [4.78, 5) is 0. The van der Waals surface area contributed by atoms with E-state index in [1.54, 1.807) is 18.4 Å². The van der Waals surface area contributed by atoms with Gasteiger partial charge in [0.05, 0.1) is 12.1 Å². The minimum absolute atomic E-state index is 0.803. The van der Waals surface area contributed by atoms with Gasteiger partial charge < -0.3 is 4.74 Å². The van der Waals surface area contributed by atoms with E-state index < -0.39 is 0 Å². The van der Waals surface area contributed by atoms with Crippen LogP contribution in [0.3, 0.4) is 0 Å². The third kappa shape index (κ3) is 1.65. The fraction of sp³-hybridized carbons (Fsp3) is 0.111. The molecule has 1 nitrogen and oxygen atoms in total. The first-order chi connectivity index (χ1) is 6.22. The van der Waals surface area contributed by atoms with E-state index in [1.807, 2.05) is 17.5 Å². The first-order valence-corrected chi connectivity index (χ1v) is 5.96. The highest BCUT2D eigenvalue weighted by molar-refractivity contribution is 14.1. The van der Waals surface area contributed by atoms with Crippen LogP contribution >= 0.6 is 45.5 Å². The highest BCUT2D eigenvalue weighted by Gasteiger charge is 2.07. The van der Waals surface area contributed by atoms with Crippen molar-refractivity contribution in [3.63, 3.8) is 0 Å². The van der Waals surface area contributed by atoms with Crippen molar-refractivity contribution >= 4 is 55.6 Å². The minimum atomic E-state index is 0.803. The van der Waals surface area contributed by atoms with Crippen LogP contribution in [0.5, 0.6) is 5.75 Å². The van der Waals surface area contributed by atoms with E-state index in [2.05, 4.69) is 22.6 Å². The first-order valence-electron chi connectivity index (χ1n) is 3.62. The Morgan fingerprint density at radius 1 is 1.46 bits per heavy atom. The maximum atomic E-state index is 6.03. The molecule has 0 amide bonds. The topological polar surface area (TPSA) is 9.23 Å². The van der Waals surface area contributed by atoms with Crippen molar-refractivity contribution in [1.82, 2.24) is 0 Å². The van der Waals surface area contributed by atoms with Gasteiger partial charge in [0.2, 0.25) is 0 Å². The van der Waals surface area contributed by atoms with Crippen molar-refractivity contribution in [2.24, 2.45) is 0 Å². The van der Waals surface area contributed by atoms with E-state index in [4.69, 9.17) is 16.3 Å². The number of fused-ring (bicyclic) bond motifs is 1. The summed E-state index contributed by atoms with van der Waals surface area (Å²) >= 11 is 9.98. The lowest BCUT2D eigenvalue weighted by molar-refractivity contribution is 0.415. The van der Waals surface area contributed by atoms with E-state index in [-0.39, 0.29) is 0 Å². The molecule has 0 saturated carbocycles.